The molecule has 0 unspecified atom stereocenters. The summed E-state index contributed by atoms with van der Waals surface area (Å²) in [6.45, 7) is 7.59. The number of guanidine groups is 1. The second-order valence-electron chi connectivity index (χ2n) is 6.72. The molecule has 0 fully saturated rings. The second kappa shape index (κ2) is 8.39. The van der Waals surface area contributed by atoms with Gasteiger partial charge in [0.15, 0.2) is 5.96 Å². The number of benzene rings is 2. The highest BCUT2D eigenvalue weighted by atomic mass is 16.5. The number of rotatable bonds is 5. The van der Waals surface area contributed by atoms with Crippen LogP contribution < -0.4 is 15.4 Å². The fourth-order valence-corrected chi connectivity index (χ4v) is 2.21. The zero-order valence-corrected chi connectivity index (χ0v) is 15.0. The Hall–Kier alpha value is -2.49. The molecule has 0 saturated heterocycles. The Morgan fingerprint density at radius 1 is 1.00 bits per heavy atom. The van der Waals surface area contributed by atoms with Gasteiger partial charge in [0.25, 0.3) is 0 Å². The monoisotopic (exact) mass is 325 g/mol. The van der Waals surface area contributed by atoms with Crippen molar-refractivity contribution in [2.75, 3.05) is 7.05 Å². The average molecular weight is 325 g/mol. The summed E-state index contributed by atoms with van der Waals surface area (Å²) in [7, 11) is 1.78. The predicted octanol–water partition coefficient (Wildman–Crippen LogP) is 3.73. The number of aliphatic imine (C=N–C) groups is 1. The van der Waals surface area contributed by atoms with Gasteiger partial charge in [-0.05, 0) is 44.0 Å². The highest BCUT2D eigenvalue weighted by molar-refractivity contribution is 5.80. The summed E-state index contributed by atoms with van der Waals surface area (Å²) in [5, 5.41) is 6.67. The SMILES string of the molecule is CN=C(NCc1cccc(OCc2ccccc2)c1)NC(C)(C)C. The normalized spacial score (nSPS) is 11.9. The molecule has 0 saturated carbocycles. The van der Waals surface area contributed by atoms with E-state index in [1.54, 1.807) is 7.05 Å². The van der Waals surface area contributed by atoms with Crippen LogP contribution in [0.25, 0.3) is 0 Å². The van der Waals surface area contributed by atoms with Gasteiger partial charge in [-0.1, -0.05) is 42.5 Å². The lowest BCUT2D eigenvalue weighted by atomic mass is 10.1. The molecule has 0 aliphatic carbocycles. The highest BCUT2D eigenvalue weighted by Crippen LogP contribution is 2.15. The number of hydrogen-bond donors (Lipinski definition) is 2. The number of nitrogens with zero attached hydrogens (tertiary/aromatic N) is 1. The van der Waals surface area contributed by atoms with Gasteiger partial charge < -0.3 is 15.4 Å². The summed E-state index contributed by atoms with van der Waals surface area (Å²) < 4.78 is 5.87. The third kappa shape index (κ3) is 6.32. The predicted molar refractivity (Wildman–Crippen MR) is 100 cm³/mol. The van der Waals surface area contributed by atoms with Crippen LogP contribution in [0.1, 0.15) is 31.9 Å². The average Bonchev–Trinajstić information content (AvgIpc) is 2.57. The molecule has 0 aromatic heterocycles. The van der Waals surface area contributed by atoms with Gasteiger partial charge >= 0.3 is 0 Å². The van der Waals surface area contributed by atoms with Gasteiger partial charge in [0.1, 0.15) is 12.4 Å². The molecule has 0 aliphatic heterocycles. The third-order valence-corrected chi connectivity index (χ3v) is 3.32. The lowest BCUT2D eigenvalue weighted by Crippen LogP contribution is -2.47. The summed E-state index contributed by atoms with van der Waals surface area (Å²) in [4.78, 5) is 4.25. The van der Waals surface area contributed by atoms with E-state index in [-0.39, 0.29) is 5.54 Å². The van der Waals surface area contributed by atoms with Crippen molar-refractivity contribution in [3.8, 4) is 5.75 Å². The van der Waals surface area contributed by atoms with E-state index < -0.39 is 0 Å². The molecular weight excluding hydrogens is 298 g/mol. The zero-order chi connectivity index (χ0) is 17.4. The Morgan fingerprint density at radius 2 is 1.71 bits per heavy atom. The van der Waals surface area contributed by atoms with Crippen molar-refractivity contribution in [3.63, 3.8) is 0 Å². The maximum Gasteiger partial charge on any atom is 0.191 e. The maximum atomic E-state index is 5.87. The Kier molecular flexibility index (Phi) is 6.24. The maximum absolute atomic E-state index is 5.87. The molecular formula is C20H27N3O. The smallest absolute Gasteiger partial charge is 0.191 e. The molecule has 0 atom stereocenters. The van der Waals surface area contributed by atoms with E-state index in [0.717, 1.165) is 22.8 Å². The topological polar surface area (TPSA) is 45.7 Å². The zero-order valence-electron chi connectivity index (χ0n) is 15.0. The van der Waals surface area contributed by atoms with Crippen LogP contribution in [0, 0.1) is 0 Å². The minimum atomic E-state index is -0.0253. The van der Waals surface area contributed by atoms with Gasteiger partial charge in [0, 0.05) is 19.1 Å². The van der Waals surface area contributed by atoms with E-state index in [2.05, 4.69) is 60.7 Å². The Balaban J connectivity index is 1.90. The molecule has 2 aromatic rings. The van der Waals surface area contributed by atoms with E-state index in [1.165, 1.54) is 0 Å². The van der Waals surface area contributed by atoms with Crippen LogP contribution >= 0.6 is 0 Å². The van der Waals surface area contributed by atoms with Gasteiger partial charge in [-0.3, -0.25) is 4.99 Å². The first-order chi connectivity index (χ1) is 11.5. The van der Waals surface area contributed by atoms with Crippen LogP contribution in [0.3, 0.4) is 0 Å². The van der Waals surface area contributed by atoms with Crippen LogP contribution in [0.15, 0.2) is 59.6 Å². The van der Waals surface area contributed by atoms with E-state index in [9.17, 15) is 0 Å². The first kappa shape index (κ1) is 17.9. The molecule has 2 N–H and O–H groups in total. The molecule has 24 heavy (non-hydrogen) atoms. The molecule has 0 aliphatic rings. The molecule has 0 amide bonds. The first-order valence-corrected chi connectivity index (χ1v) is 8.21. The molecule has 2 rings (SSSR count). The molecule has 0 spiro atoms. The Morgan fingerprint density at radius 3 is 2.38 bits per heavy atom. The van der Waals surface area contributed by atoms with Crippen molar-refractivity contribution in [2.24, 2.45) is 4.99 Å². The van der Waals surface area contributed by atoms with Crippen molar-refractivity contribution in [2.45, 2.75) is 39.5 Å². The number of nitrogens with one attached hydrogen (secondary N) is 2. The van der Waals surface area contributed by atoms with Crippen molar-refractivity contribution in [1.29, 1.82) is 0 Å². The fourth-order valence-electron chi connectivity index (χ4n) is 2.21. The molecule has 2 aromatic carbocycles. The van der Waals surface area contributed by atoms with Gasteiger partial charge in [-0.15, -0.1) is 0 Å². The largest absolute Gasteiger partial charge is 0.489 e. The first-order valence-electron chi connectivity index (χ1n) is 8.21. The van der Waals surface area contributed by atoms with E-state index >= 15 is 0 Å². The molecule has 4 nitrogen and oxygen atoms in total. The fraction of sp³-hybridized carbons (Fsp3) is 0.350. The highest BCUT2D eigenvalue weighted by Gasteiger charge is 2.11. The summed E-state index contributed by atoms with van der Waals surface area (Å²) in [6, 6.07) is 18.3. The van der Waals surface area contributed by atoms with Crippen LogP contribution in [-0.4, -0.2) is 18.5 Å². The molecule has 0 bridgehead atoms. The van der Waals surface area contributed by atoms with E-state index in [0.29, 0.717) is 13.2 Å². The van der Waals surface area contributed by atoms with Gasteiger partial charge in [0.05, 0.1) is 0 Å². The van der Waals surface area contributed by atoms with Gasteiger partial charge in [-0.2, -0.15) is 0 Å². The second-order valence-corrected chi connectivity index (χ2v) is 6.72. The minimum absolute atomic E-state index is 0.0253. The third-order valence-electron chi connectivity index (χ3n) is 3.32. The number of ether oxygens (including phenoxy) is 1. The van der Waals surface area contributed by atoms with Crippen molar-refractivity contribution in [3.05, 3.63) is 65.7 Å². The molecule has 0 radical (unpaired) electrons. The van der Waals surface area contributed by atoms with Crippen LogP contribution in [-0.2, 0) is 13.2 Å². The molecule has 0 heterocycles. The van der Waals surface area contributed by atoms with Crippen molar-refractivity contribution < 1.29 is 4.74 Å². The standard InChI is InChI=1S/C20H27N3O/c1-20(2,3)23-19(21-4)22-14-17-11-8-12-18(13-17)24-15-16-9-6-5-7-10-16/h5-13H,14-15H2,1-4H3,(H2,21,22,23). The molecule has 128 valence electrons. The summed E-state index contributed by atoms with van der Waals surface area (Å²) in [5.74, 6) is 1.66. The lowest BCUT2D eigenvalue weighted by Gasteiger charge is -2.23. The Labute approximate surface area is 145 Å². The summed E-state index contributed by atoms with van der Waals surface area (Å²) >= 11 is 0. The summed E-state index contributed by atoms with van der Waals surface area (Å²) in [6.07, 6.45) is 0. The van der Waals surface area contributed by atoms with Crippen LogP contribution in [0.5, 0.6) is 5.75 Å². The summed E-state index contributed by atoms with van der Waals surface area (Å²) in [5.41, 5.74) is 2.29. The number of hydrogen-bond acceptors (Lipinski definition) is 2. The quantitative estimate of drug-likeness (QED) is 0.650. The van der Waals surface area contributed by atoms with Crippen LogP contribution in [0.4, 0.5) is 0 Å². The Bertz CT molecular complexity index is 660. The van der Waals surface area contributed by atoms with Crippen molar-refractivity contribution >= 4 is 5.96 Å². The van der Waals surface area contributed by atoms with Gasteiger partial charge in [-0.25, -0.2) is 0 Å². The molecule has 4 heteroatoms. The van der Waals surface area contributed by atoms with E-state index in [4.69, 9.17) is 4.74 Å². The van der Waals surface area contributed by atoms with Gasteiger partial charge in [0.2, 0.25) is 0 Å². The lowest BCUT2D eigenvalue weighted by molar-refractivity contribution is 0.306. The van der Waals surface area contributed by atoms with E-state index in [1.807, 2.05) is 30.3 Å². The minimum Gasteiger partial charge on any atom is -0.489 e. The van der Waals surface area contributed by atoms with Crippen molar-refractivity contribution in [1.82, 2.24) is 10.6 Å². The van der Waals surface area contributed by atoms with Crippen LogP contribution in [0.2, 0.25) is 0 Å².